The molecule has 0 aromatic heterocycles. The van der Waals surface area contributed by atoms with E-state index in [4.69, 9.17) is 0 Å². The molecule has 0 aliphatic carbocycles. The molecule has 2 N–H and O–H groups in total. The maximum Gasteiger partial charge on any atom is 0.238 e. The maximum atomic E-state index is 12.8. The lowest BCUT2D eigenvalue weighted by molar-refractivity contribution is -0.117. The Morgan fingerprint density at radius 2 is 2.15 bits per heavy atom. The molecule has 0 saturated carbocycles. The molecule has 1 atom stereocenters. The van der Waals surface area contributed by atoms with Crippen molar-refractivity contribution in [1.29, 1.82) is 0 Å². The molecule has 20 heavy (non-hydrogen) atoms. The summed E-state index contributed by atoms with van der Waals surface area (Å²) >= 11 is 0. The SMILES string of the molecule is O=C(CN1CCC2(CCNC2)C1)Nc1ccc(F)cc1. The predicted octanol–water partition coefficient (Wildman–Crippen LogP) is 1.45. The number of nitrogens with zero attached hydrogens (tertiary/aromatic N) is 1. The van der Waals surface area contributed by atoms with E-state index in [0.29, 0.717) is 17.6 Å². The number of nitrogens with one attached hydrogen (secondary N) is 2. The van der Waals surface area contributed by atoms with Crippen LogP contribution >= 0.6 is 0 Å². The fourth-order valence-corrected chi connectivity index (χ4v) is 3.24. The van der Waals surface area contributed by atoms with E-state index in [2.05, 4.69) is 15.5 Å². The first-order valence-corrected chi connectivity index (χ1v) is 7.14. The molecule has 5 heteroatoms. The molecule has 1 spiro atoms. The van der Waals surface area contributed by atoms with Crippen molar-refractivity contribution in [3.05, 3.63) is 30.1 Å². The van der Waals surface area contributed by atoms with Gasteiger partial charge in [0.1, 0.15) is 5.82 Å². The molecule has 2 aliphatic rings. The Morgan fingerprint density at radius 3 is 2.85 bits per heavy atom. The number of hydrogen-bond acceptors (Lipinski definition) is 3. The number of halogens is 1. The highest BCUT2D eigenvalue weighted by molar-refractivity contribution is 5.92. The van der Waals surface area contributed by atoms with Gasteiger partial charge in [-0.2, -0.15) is 0 Å². The van der Waals surface area contributed by atoms with Gasteiger partial charge in [-0.1, -0.05) is 0 Å². The fourth-order valence-electron chi connectivity index (χ4n) is 3.24. The molecule has 3 rings (SSSR count). The minimum atomic E-state index is -0.293. The van der Waals surface area contributed by atoms with Gasteiger partial charge in [-0.25, -0.2) is 4.39 Å². The summed E-state index contributed by atoms with van der Waals surface area (Å²) in [4.78, 5) is 14.2. The number of anilines is 1. The van der Waals surface area contributed by atoms with Crippen molar-refractivity contribution in [2.75, 3.05) is 38.0 Å². The highest BCUT2D eigenvalue weighted by atomic mass is 19.1. The van der Waals surface area contributed by atoms with E-state index in [1.807, 2.05) is 0 Å². The molecule has 4 nitrogen and oxygen atoms in total. The van der Waals surface area contributed by atoms with Crippen LogP contribution in [-0.4, -0.2) is 43.5 Å². The second kappa shape index (κ2) is 5.50. The first kappa shape index (κ1) is 13.5. The van der Waals surface area contributed by atoms with E-state index in [1.54, 1.807) is 12.1 Å². The van der Waals surface area contributed by atoms with Crippen LogP contribution in [0.25, 0.3) is 0 Å². The molecule has 2 heterocycles. The van der Waals surface area contributed by atoms with E-state index in [-0.39, 0.29) is 11.7 Å². The molecular formula is C15H20FN3O. The van der Waals surface area contributed by atoms with Crippen molar-refractivity contribution in [2.24, 2.45) is 5.41 Å². The Bertz CT molecular complexity index is 482. The summed E-state index contributed by atoms with van der Waals surface area (Å²) in [5, 5.41) is 6.22. The molecule has 0 radical (unpaired) electrons. The number of benzene rings is 1. The van der Waals surface area contributed by atoms with Gasteiger partial charge in [0, 0.05) is 18.8 Å². The number of carbonyl (C=O) groups excluding carboxylic acids is 1. The van der Waals surface area contributed by atoms with Crippen LogP contribution < -0.4 is 10.6 Å². The van der Waals surface area contributed by atoms with Crippen LogP contribution in [0.1, 0.15) is 12.8 Å². The van der Waals surface area contributed by atoms with Crippen LogP contribution in [0.4, 0.5) is 10.1 Å². The van der Waals surface area contributed by atoms with Gasteiger partial charge >= 0.3 is 0 Å². The summed E-state index contributed by atoms with van der Waals surface area (Å²) in [6.45, 7) is 4.56. The average Bonchev–Trinajstić information content (AvgIpc) is 3.03. The summed E-state index contributed by atoms with van der Waals surface area (Å²) in [6, 6.07) is 5.87. The number of rotatable bonds is 3. The minimum absolute atomic E-state index is 0.0281. The zero-order valence-corrected chi connectivity index (χ0v) is 11.5. The second-order valence-corrected chi connectivity index (χ2v) is 5.94. The number of carbonyl (C=O) groups is 1. The molecule has 2 saturated heterocycles. The van der Waals surface area contributed by atoms with Crippen LogP contribution in [0.5, 0.6) is 0 Å². The smallest absolute Gasteiger partial charge is 0.238 e. The topological polar surface area (TPSA) is 44.4 Å². The molecule has 1 aromatic carbocycles. The highest BCUT2D eigenvalue weighted by Gasteiger charge is 2.40. The summed E-state index contributed by atoms with van der Waals surface area (Å²) < 4.78 is 12.8. The molecule has 1 unspecified atom stereocenters. The summed E-state index contributed by atoms with van der Waals surface area (Å²) in [6.07, 6.45) is 2.38. The van der Waals surface area contributed by atoms with Crippen LogP contribution in [0, 0.1) is 11.2 Å². The normalized spacial score (nSPS) is 26.2. The van der Waals surface area contributed by atoms with Crippen molar-refractivity contribution >= 4 is 11.6 Å². The molecule has 2 fully saturated rings. The summed E-state index contributed by atoms with van der Waals surface area (Å²) in [5.41, 5.74) is 1.03. The standard InChI is InChI=1S/C15H20FN3O/c16-12-1-3-13(4-2-12)18-14(20)9-19-8-6-15(11-19)5-7-17-10-15/h1-4,17H,5-11H2,(H,18,20). The van der Waals surface area contributed by atoms with Gasteiger partial charge in [0.2, 0.25) is 5.91 Å². The lowest BCUT2D eigenvalue weighted by atomic mass is 9.87. The van der Waals surface area contributed by atoms with Crippen LogP contribution in [0.3, 0.4) is 0 Å². The Morgan fingerprint density at radius 1 is 1.35 bits per heavy atom. The minimum Gasteiger partial charge on any atom is -0.325 e. The van der Waals surface area contributed by atoms with E-state index in [1.165, 1.54) is 25.0 Å². The average molecular weight is 277 g/mol. The lowest BCUT2D eigenvalue weighted by Crippen LogP contribution is -2.34. The summed E-state index contributed by atoms with van der Waals surface area (Å²) in [5.74, 6) is -0.321. The van der Waals surface area contributed by atoms with Crippen LogP contribution in [0.15, 0.2) is 24.3 Å². The second-order valence-electron chi connectivity index (χ2n) is 5.94. The maximum absolute atomic E-state index is 12.8. The Hall–Kier alpha value is -1.46. The van der Waals surface area contributed by atoms with Crippen molar-refractivity contribution in [3.8, 4) is 0 Å². The van der Waals surface area contributed by atoms with E-state index in [9.17, 15) is 9.18 Å². The Kier molecular flexibility index (Phi) is 3.72. The van der Waals surface area contributed by atoms with Gasteiger partial charge in [0.25, 0.3) is 0 Å². The van der Waals surface area contributed by atoms with Gasteiger partial charge in [-0.05, 0) is 55.6 Å². The van der Waals surface area contributed by atoms with E-state index < -0.39 is 0 Å². The van der Waals surface area contributed by atoms with E-state index in [0.717, 1.165) is 26.2 Å². The Balaban J connectivity index is 1.51. The van der Waals surface area contributed by atoms with Crippen molar-refractivity contribution < 1.29 is 9.18 Å². The highest BCUT2D eigenvalue weighted by Crippen LogP contribution is 2.35. The lowest BCUT2D eigenvalue weighted by Gasteiger charge is -2.22. The Labute approximate surface area is 118 Å². The zero-order valence-electron chi connectivity index (χ0n) is 11.5. The van der Waals surface area contributed by atoms with Gasteiger partial charge < -0.3 is 10.6 Å². The van der Waals surface area contributed by atoms with Crippen molar-refractivity contribution in [2.45, 2.75) is 12.8 Å². The molecule has 108 valence electrons. The zero-order chi connectivity index (χ0) is 14.0. The van der Waals surface area contributed by atoms with E-state index >= 15 is 0 Å². The third-order valence-electron chi connectivity index (χ3n) is 4.34. The van der Waals surface area contributed by atoms with Gasteiger partial charge in [-0.3, -0.25) is 9.69 Å². The quantitative estimate of drug-likeness (QED) is 0.879. The van der Waals surface area contributed by atoms with Gasteiger partial charge in [0.15, 0.2) is 0 Å². The molecule has 2 aliphatic heterocycles. The third-order valence-corrected chi connectivity index (χ3v) is 4.34. The monoisotopic (exact) mass is 277 g/mol. The largest absolute Gasteiger partial charge is 0.325 e. The molecule has 1 amide bonds. The van der Waals surface area contributed by atoms with Crippen LogP contribution in [0.2, 0.25) is 0 Å². The first-order chi connectivity index (χ1) is 9.65. The predicted molar refractivity (Wildman–Crippen MR) is 76.0 cm³/mol. The van der Waals surface area contributed by atoms with Gasteiger partial charge in [-0.15, -0.1) is 0 Å². The van der Waals surface area contributed by atoms with Crippen molar-refractivity contribution in [1.82, 2.24) is 10.2 Å². The molecular weight excluding hydrogens is 257 g/mol. The number of amides is 1. The number of hydrogen-bond donors (Lipinski definition) is 2. The number of likely N-dealkylation sites (tertiary alicyclic amines) is 1. The van der Waals surface area contributed by atoms with Gasteiger partial charge in [0.05, 0.1) is 6.54 Å². The summed E-state index contributed by atoms with van der Waals surface area (Å²) in [7, 11) is 0. The van der Waals surface area contributed by atoms with Crippen molar-refractivity contribution in [3.63, 3.8) is 0 Å². The third kappa shape index (κ3) is 2.99. The molecule has 1 aromatic rings. The van der Waals surface area contributed by atoms with Crippen LogP contribution in [-0.2, 0) is 4.79 Å². The fraction of sp³-hybridized carbons (Fsp3) is 0.533. The first-order valence-electron chi connectivity index (χ1n) is 7.14. The molecule has 0 bridgehead atoms.